The van der Waals surface area contributed by atoms with Crippen molar-refractivity contribution in [1.29, 1.82) is 0 Å². The first-order chi connectivity index (χ1) is 8.59. The summed E-state index contributed by atoms with van der Waals surface area (Å²) in [5.74, 6) is -0.329. The number of likely N-dealkylation sites (tertiary alicyclic amines) is 1. The van der Waals surface area contributed by atoms with Gasteiger partial charge in [-0.05, 0) is 12.8 Å². The molecule has 1 saturated heterocycles. The number of hydrogen-bond donors (Lipinski definition) is 0. The summed E-state index contributed by atoms with van der Waals surface area (Å²) in [6, 6.07) is 0. The first-order valence-corrected chi connectivity index (χ1v) is 6.07. The summed E-state index contributed by atoms with van der Waals surface area (Å²) in [5, 5.41) is 14.8. The van der Waals surface area contributed by atoms with E-state index < -0.39 is 4.92 Å². The van der Waals surface area contributed by atoms with Crippen LogP contribution in [0.15, 0.2) is 6.20 Å². The molecule has 1 amide bonds. The molecule has 1 fully saturated rings. The van der Waals surface area contributed by atoms with E-state index in [9.17, 15) is 14.9 Å². The van der Waals surface area contributed by atoms with E-state index in [0.29, 0.717) is 13.1 Å². The molecule has 18 heavy (non-hydrogen) atoms. The van der Waals surface area contributed by atoms with Crippen LogP contribution in [-0.4, -0.2) is 38.6 Å². The van der Waals surface area contributed by atoms with Crippen LogP contribution >= 0.6 is 0 Å². The molecular weight excluding hydrogens is 236 g/mol. The smallest absolute Gasteiger partial charge is 0.320 e. The average molecular weight is 252 g/mol. The highest BCUT2D eigenvalue weighted by Gasteiger charge is 2.28. The van der Waals surface area contributed by atoms with Gasteiger partial charge >= 0.3 is 5.69 Å². The van der Waals surface area contributed by atoms with Gasteiger partial charge in [0.15, 0.2) is 0 Å². The van der Waals surface area contributed by atoms with Gasteiger partial charge in [0.1, 0.15) is 6.20 Å². The topological polar surface area (TPSA) is 81.3 Å². The van der Waals surface area contributed by atoms with Gasteiger partial charge in [-0.3, -0.25) is 19.6 Å². The Morgan fingerprint density at radius 2 is 1.94 bits per heavy atom. The Bertz CT molecular complexity index is 461. The minimum Gasteiger partial charge on any atom is -0.337 e. The number of carbonyl (C=O) groups is 1. The van der Waals surface area contributed by atoms with Gasteiger partial charge in [-0.1, -0.05) is 12.8 Å². The second-order valence-corrected chi connectivity index (χ2v) is 4.50. The zero-order chi connectivity index (χ0) is 13.1. The van der Waals surface area contributed by atoms with Crippen molar-refractivity contribution < 1.29 is 9.72 Å². The number of aryl methyl sites for hydroxylation is 1. The maximum atomic E-state index is 12.2. The Kier molecular flexibility index (Phi) is 3.59. The van der Waals surface area contributed by atoms with Gasteiger partial charge in [0.2, 0.25) is 5.69 Å². The number of nitrogens with zero attached hydrogens (tertiary/aromatic N) is 4. The van der Waals surface area contributed by atoms with Crippen molar-refractivity contribution in [2.24, 2.45) is 7.05 Å². The van der Waals surface area contributed by atoms with E-state index in [2.05, 4.69) is 5.10 Å². The first-order valence-electron chi connectivity index (χ1n) is 6.07. The summed E-state index contributed by atoms with van der Waals surface area (Å²) < 4.78 is 1.31. The molecule has 0 aromatic carbocycles. The molecule has 7 nitrogen and oxygen atoms in total. The van der Waals surface area contributed by atoms with E-state index in [1.807, 2.05) is 0 Å². The minimum atomic E-state index is -0.557. The van der Waals surface area contributed by atoms with Gasteiger partial charge in [-0.25, -0.2) is 0 Å². The summed E-state index contributed by atoms with van der Waals surface area (Å²) in [6.07, 6.45) is 5.38. The second kappa shape index (κ2) is 5.16. The summed E-state index contributed by atoms with van der Waals surface area (Å²) in [4.78, 5) is 24.2. The van der Waals surface area contributed by atoms with E-state index in [-0.39, 0.29) is 17.3 Å². The van der Waals surface area contributed by atoms with Gasteiger partial charge in [-0.2, -0.15) is 5.10 Å². The van der Waals surface area contributed by atoms with Crippen molar-refractivity contribution in [3.63, 3.8) is 0 Å². The first kappa shape index (κ1) is 12.5. The molecule has 2 rings (SSSR count). The third kappa shape index (κ3) is 2.49. The van der Waals surface area contributed by atoms with Crippen molar-refractivity contribution in [1.82, 2.24) is 14.7 Å². The highest BCUT2D eigenvalue weighted by atomic mass is 16.6. The van der Waals surface area contributed by atoms with Crippen LogP contribution in [0.3, 0.4) is 0 Å². The third-order valence-corrected chi connectivity index (χ3v) is 3.10. The lowest BCUT2D eigenvalue weighted by molar-refractivity contribution is -0.385. The minimum absolute atomic E-state index is 0.0515. The number of aromatic nitrogens is 2. The van der Waals surface area contributed by atoms with Crippen molar-refractivity contribution in [2.45, 2.75) is 25.7 Å². The summed E-state index contributed by atoms with van der Waals surface area (Å²) in [6.45, 7) is 1.32. The van der Waals surface area contributed by atoms with Crippen molar-refractivity contribution in [3.05, 3.63) is 22.0 Å². The van der Waals surface area contributed by atoms with Crippen LogP contribution in [0.1, 0.15) is 36.2 Å². The molecule has 0 unspecified atom stereocenters. The van der Waals surface area contributed by atoms with E-state index >= 15 is 0 Å². The summed E-state index contributed by atoms with van der Waals surface area (Å²) in [5.41, 5.74) is -0.267. The largest absolute Gasteiger partial charge is 0.337 e. The molecule has 0 spiro atoms. The molecule has 1 aliphatic rings. The fraction of sp³-hybridized carbons (Fsp3) is 0.636. The monoisotopic (exact) mass is 252 g/mol. The molecular formula is C11H16N4O3. The number of rotatable bonds is 2. The highest BCUT2D eigenvalue weighted by Crippen LogP contribution is 2.20. The SMILES string of the molecule is Cn1cc([N+](=O)[O-])c(C(=O)N2CCCCCC2)n1. The standard InChI is InChI=1S/C11H16N4O3/c1-13-8-9(15(17)18)10(12-13)11(16)14-6-4-2-3-5-7-14/h8H,2-7H2,1H3. The molecule has 0 aliphatic carbocycles. The van der Waals surface area contributed by atoms with Crippen molar-refractivity contribution in [2.75, 3.05) is 13.1 Å². The quantitative estimate of drug-likeness (QED) is 0.587. The molecule has 0 bridgehead atoms. The summed E-state index contributed by atoms with van der Waals surface area (Å²) >= 11 is 0. The van der Waals surface area contributed by atoms with E-state index in [0.717, 1.165) is 25.7 Å². The molecule has 0 N–H and O–H groups in total. The Balaban J connectivity index is 2.24. The molecule has 7 heteroatoms. The van der Waals surface area contributed by atoms with Crippen LogP contribution in [0.2, 0.25) is 0 Å². The van der Waals surface area contributed by atoms with Crippen LogP contribution in [0.25, 0.3) is 0 Å². The van der Waals surface area contributed by atoms with Crippen LogP contribution in [0.5, 0.6) is 0 Å². The number of hydrogen-bond acceptors (Lipinski definition) is 4. The lowest BCUT2D eigenvalue weighted by Gasteiger charge is -2.18. The molecule has 2 heterocycles. The zero-order valence-corrected chi connectivity index (χ0v) is 10.3. The molecule has 0 saturated carbocycles. The fourth-order valence-corrected chi connectivity index (χ4v) is 2.19. The molecule has 0 atom stereocenters. The van der Waals surface area contributed by atoms with Crippen LogP contribution in [0, 0.1) is 10.1 Å². The predicted molar refractivity (Wildman–Crippen MR) is 64.2 cm³/mol. The highest BCUT2D eigenvalue weighted by molar-refractivity contribution is 5.96. The van der Waals surface area contributed by atoms with Gasteiger partial charge < -0.3 is 4.90 Å². The van der Waals surface area contributed by atoms with Gasteiger partial charge in [0.05, 0.1) is 4.92 Å². The Labute approximate surface area is 105 Å². The second-order valence-electron chi connectivity index (χ2n) is 4.50. The number of nitro groups is 1. The van der Waals surface area contributed by atoms with E-state index in [1.54, 1.807) is 11.9 Å². The van der Waals surface area contributed by atoms with E-state index in [1.165, 1.54) is 10.9 Å². The molecule has 98 valence electrons. The molecule has 0 radical (unpaired) electrons. The predicted octanol–water partition coefficient (Wildman–Crippen LogP) is 1.34. The maximum Gasteiger partial charge on any atom is 0.320 e. The van der Waals surface area contributed by atoms with Crippen molar-refractivity contribution in [3.8, 4) is 0 Å². The summed E-state index contributed by atoms with van der Waals surface area (Å²) in [7, 11) is 1.58. The maximum absolute atomic E-state index is 12.2. The molecule has 1 aliphatic heterocycles. The Morgan fingerprint density at radius 1 is 1.33 bits per heavy atom. The van der Waals surface area contributed by atoms with Crippen LogP contribution in [-0.2, 0) is 7.05 Å². The fourth-order valence-electron chi connectivity index (χ4n) is 2.19. The Morgan fingerprint density at radius 3 is 2.50 bits per heavy atom. The third-order valence-electron chi connectivity index (χ3n) is 3.10. The van der Waals surface area contributed by atoms with Crippen LogP contribution < -0.4 is 0 Å². The van der Waals surface area contributed by atoms with Crippen molar-refractivity contribution >= 4 is 11.6 Å². The number of amides is 1. The average Bonchev–Trinajstić information content (AvgIpc) is 2.56. The van der Waals surface area contributed by atoms with Crippen LogP contribution in [0.4, 0.5) is 5.69 Å². The van der Waals surface area contributed by atoms with Gasteiger partial charge in [0, 0.05) is 20.1 Å². The van der Waals surface area contributed by atoms with Gasteiger partial charge in [-0.15, -0.1) is 0 Å². The normalized spacial score (nSPS) is 16.4. The lowest BCUT2D eigenvalue weighted by atomic mass is 10.2. The molecule has 1 aromatic rings. The zero-order valence-electron chi connectivity index (χ0n) is 10.3. The molecule has 1 aromatic heterocycles. The number of carbonyl (C=O) groups excluding carboxylic acids is 1. The lowest BCUT2D eigenvalue weighted by Crippen LogP contribution is -2.32. The van der Waals surface area contributed by atoms with E-state index in [4.69, 9.17) is 0 Å². The van der Waals surface area contributed by atoms with Gasteiger partial charge in [0.25, 0.3) is 5.91 Å². The Hall–Kier alpha value is -1.92.